The summed E-state index contributed by atoms with van der Waals surface area (Å²) in [6.45, 7) is 0.512. The molecular formula is C17H15BrClN5O2. The van der Waals surface area contributed by atoms with E-state index in [1.165, 1.54) is 0 Å². The smallest absolute Gasteiger partial charge is 0.247 e. The van der Waals surface area contributed by atoms with Gasteiger partial charge < -0.3 is 9.73 Å². The van der Waals surface area contributed by atoms with Crippen LogP contribution < -0.4 is 5.32 Å². The zero-order chi connectivity index (χ0) is 18.5. The van der Waals surface area contributed by atoms with Crippen molar-refractivity contribution in [3.05, 3.63) is 58.0 Å². The second-order valence-corrected chi connectivity index (χ2v) is 6.94. The van der Waals surface area contributed by atoms with Crippen LogP contribution in [-0.2, 0) is 11.3 Å². The summed E-state index contributed by atoms with van der Waals surface area (Å²) < 4.78 is 6.48. The lowest BCUT2D eigenvalue weighted by Crippen LogP contribution is -2.30. The minimum Gasteiger partial charge on any atom is -0.419 e. The summed E-state index contributed by atoms with van der Waals surface area (Å²) in [5.41, 5.74) is 0.787. The maximum absolute atomic E-state index is 12.1. The lowest BCUT2D eigenvalue weighted by Gasteiger charge is -2.13. The molecule has 2 heterocycles. The number of benzene rings is 1. The molecule has 9 heteroatoms. The highest BCUT2D eigenvalue weighted by atomic mass is 79.9. The topological polar surface area (TPSA) is 84.2 Å². The quantitative estimate of drug-likeness (QED) is 0.635. The first-order valence-corrected chi connectivity index (χ1v) is 8.85. The van der Waals surface area contributed by atoms with Crippen molar-refractivity contribution >= 4 is 39.3 Å². The van der Waals surface area contributed by atoms with Gasteiger partial charge in [0, 0.05) is 21.3 Å². The van der Waals surface area contributed by atoms with Crippen LogP contribution in [0.15, 0.2) is 51.5 Å². The van der Waals surface area contributed by atoms with E-state index in [2.05, 4.69) is 36.4 Å². The lowest BCUT2D eigenvalue weighted by molar-refractivity contribution is -0.117. The van der Waals surface area contributed by atoms with Gasteiger partial charge in [-0.2, -0.15) is 0 Å². The molecule has 1 amide bonds. The van der Waals surface area contributed by atoms with E-state index < -0.39 is 0 Å². The Bertz CT molecular complexity index is 883. The Kier molecular flexibility index (Phi) is 5.97. The van der Waals surface area contributed by atoms with Gasteiger partial charge in [-0.3, -0.25) is 9.69 Å². The third kappa shape index (κ3) is 5.10. The molecule has 0 unspecified atom stereocenters. The molecule has 3 rings (SSSR count). The number of rotatable bonds is 6. The third-order valence-corrected chi connectivity index (χ3v) is 4.09. The summed E-state index contributed by atoms with van der Waals surface area (Å²) in [6.07, 6.45) is 1.62. The van der Waals surface area contributed by atoms with Gasteiger partial charge in [0.05, 0.1) is 13.1 Å². The number of anilines is 1. The number of carbonyl (C=O) groups excluding carboxylic acids is 1. The van der Waals surface area contributed by atoms with E-state index in [0.29, 0.717) is 29.2 Å². The highest BCUT2D eigenvalue weighted by Gasteiger charge is 2.13. The average molecular weight is 437 g/mol. The number of hydrogen-bond donors (Lipinski definition) is 1. The molecule has 134 valence electrons. The zero-order valence-electron chi connectivity index (χ0n) is 13.8. The summed E-state index contributed by atoms with van der Waals surface area (Å²) >= 11 is 9.17. The summed E-state index contributed by atoms with van der Waals surface area (Å²) in [5, 5.41) is 11.4. The van der Waals surface area contributed by atoms with E-state index in [0.717, 1.165) is 10.0 Å². The van der Waals surface area contributed by atoms with Crippen LogP contribution in [0.25, 0.3) is 11.5 Å². The Morgan fingerprint density at radius 3 is 2.69 bits per heavy atom. The molecule has 0 aliphatic heterocycles. The number of nitrogens with zero attached hydrogens (tertiary/aromatic N) is 4. The molecule has 7 nitrogen and oxygen atoms in total. The van der Waals surface area contributed by atoms with E-state index in [1.807, 2.05) is 18.2 Å². The highest BCUT2D eigenvalue weighted by molar-refractivity contribution is 9.10. The molecule has 0 radical (unpaired) electrons. The Morgan fingerprint density at radius 1 is 1.23 bits per heavy atom. The second kappa shape index (κ2) is 8.39. The first-order chi connectivity index (χ1) is 12.5. The molecular weight excluding hydrogens is 422 g/mol. The van der Waals surface area contributed by atoms with Gasteiger partial charge in [0.25, 0.3) is 0 Å². The van der Waals surface area contributed by atoms with Crippen molar-refractivity contribution < 1.29 is 9.21 Å². The van der Waals surface area contributed by atoms with Crippen LogP contribution in [0, 0.1) is 0 Å². The Balaban J connectivity index is 1.54. The molecule has 2 aromatic heterocycles. The zero-order valence-corrected chi connectivity index (χ0v) is 16.2. The van der Waals surface area contributed by atoms with Crippen LogP contribution >= 0.6 is 27.5 Å². The predicted molar refractivity (Wildman–Crippen MR) is 102 cm³/mol. The lowest BCUT2D eigenvalue weighted by atomic mass is 10.2. The fourth-order valence-corrected chi connectivity index (χ4v) is 2.55. The standard InChI is InChI=1S/C17H15BrClN5O2/c1-24(9-15(25)21-14-7-4-12(18)8-20-14)10-16-22-23-17(26-16)11-2-5-13(19)6-3-11/h2-8H,9-10H2,1H3,(H,20,21,25). The van der Waals surface area contributed by atoms with Crippen LogP contribution in [0.5, 0.6) is 0 Å². The predicted octanol–water partition coefficient (Wildman–Crippen LogP) is 3.62. The largest absolute Gasteiger partial charge is 0.419 e. The van der Waals surface area contributed by atoms with E-state index in [-0.39, 0.29) is 12.5 Å². The summed E-state index contributed by atoms with van der Waals surface area (Å²) in [4.78, 5) is 17.9. The molecule has 0 fully saturated rings. The van der Waals surface area contributed by atoms with E-state index in [4.69, 9.17) is 16.0 Å². The Morgan fingerprint density at radius 2 is 2.00 bits per heavy atom. The van der Waals surface area contributed by atoms with E-state index in [9.17, 15) is 4.79 Å². The van der Waals surface area contributed by atoms with Gasteiger partial charge in [-0.25, -0.2) is 4.98 Å². The summed E-state index contributed by atoms with van der Waals surface area (Å²) in [6, 6.07) is 10.7. The monoisotopic (exact) mass is 435 g/mol. The summed E-state index contributed by atoms with van der Waals surface area (Å²) in [5.74, 6) is 1.15. The normalized spacial score (nSPS) is 10.9. The molecule has 0 aliphatic carbocycles. The number of aromatic nitrogens is 3. The molecule has 26 heavy (non-hydrogen) atoms. The van der Waals surface area contributed by atoms with Crippen LogP contribution in [0.1, 0.15) is 5.89 Å². The number of nitrogens with one attached hydrogen (secondary N) is 1. The van der Waals surface area contributed by atoms with Crippen molar-refractivity contribution in [3.63, 3.8) is 0 Å². The molecule has 0 atom stereocenters. The van der Waals surface area contributed by atoms with Crippen molar-refractivity contribution in [2.45, 2.75) is 6.54 Å². The highest BCUT2D eigenvalue weighted by Crippen LogP contribution is 2.20. The van der Waals surface area contributed by atoms with Crippen molar-refractivity contribution in [1.82, 2.24) is 20.1 Å². The fourth-order valence-electron chi connectivity index (χ4n) is 2.19. The van der Waals surface area contributed by atoms with Gasteiger partial charge in [0.15, 0.2) is 0 Å². The molecule has 3 aromatic rings. The van der Waals surface area contributed by atoms with Crippen molar-refractivity contribution in [1.29, 1.82) is 0 Å². The first kappa shape index (κ1) is 18.5. The number of carbonyl (C=O) groups is 1. The average Bonchev–Trinajstić information content (AvgIpc) is 3.05. The maximum Gasteiger partial charge on any atom is 0.247 e. The van der Waals surface area contributed by atoms with Gasteiger partial charge in [-0.15, -0.1) is 10.2 Å². The van der Waals surface area contributed by atoms with Gasteiger partial charge in [0.2, 0.25) is 17.7 Å². The first-order valence-electron chi connectivity index (χ1n) is 7.68. The summed E-state index contributed by atoms with van der Waals surface area (Å²) in [7, 11) is 1.79. The minimum absolute atomic E-state index is 0.163. The Labute approximate surface area is 163 Å². The van der Waals surface area contributed by atoms with E-state index >= 15 is 0 Å². The molecule has 0 spiro atoms. The molecule has 0 bridgehead atoms. The van der Waals surface area contributed by atoms with Gasteiger partial charge in [0.1, 0.15) is 5.82 Å². The number of likely N-dealkylation sites (N-methyl/N-ethyl adjacent to an activating group) is 1. The molecule has 0 saturated carbocycles. The van der Waals surface area contributed by atoms with Gasteiger partial charge in [-0.05, 0) is 59.4 Å². The SMILES string of the molecule is CN(CC(=O)Nc1ccc(Br)cn1)Cc1nnc(-c2ccc(Cl)cc2)o1. The third-order valence-electron chi connectivity index (χ3n) is 3.37. The number of halogens is 2. The molecule has 1 N–H and O–H groups in total. The molecule has 0 aliphatic rings. The van der Waals surface area contributed by atoms with Crippen LogP contribution in [-0.4, -0.2) is 39.6 Å². The van der Waals surface area contributed by atoms with Crippen LogP contribution in [0.4, 0.5) is 5.82 Å². The fraction of sp³-hybridized carbons (Fsp3) is 0.176. The molecule has 1 aromatic carbocycles. The number of hydrogen-bond acceptors (Lipinski definition) is 6. The van der Waals surface area contributed by atoms with Crippen molar-refractivity contribution in [2.75, 3.05) is 18.9 Å². The number of amides is 1. The van der Waals surface area contributed by atoms with Gasteiger partial charge in [-0.1, -0.05) is 11.6 Å². The van der Waals surface area contributed by atoms with Crippen LogP contribution in [0.2, 0.25) is 5.02 Å². The second-order valence-electron chi connectivity index (χ2n) is 5.59. The van der Waals surface area contributed by atoms with Gasteiger partial charge >= 0.3 is 0 Å². The number of pyridine rings is 1. The maximum atomic E-state index is 12.1. The van der Waals surface area contributed by atoms with Crippen molar-refractivity contribution in [3.8, 4) is 11.5 Å². The minimum atomic E-state index is -0.181. The van der Waals surface area contributed by atoms with E-state index in [1.54, 1.807) is 36.3 Å². The Hall–Kier alpha value is -2.29. The van der Waals surface area contributed by atoms with Crippen molar-refractivity contribution in [2.24, 2.45) is 0 Å². The van der Waals surface area contributed by atoms with Crippen LogP contribution in [0.3, 0.4) is 0 Å². The molecule has 0 saturated heterocycles.